The second-order valence-electron chi connectivity index (χ2n) is 18.2. The molecule has 0 unspecified atom stereocenters. The fourth-order valence-corrected chi connectivity index (χ4v) is 11.2. The summed E-state index contributed by atoms with van der Waals surface area (Å²) in [5, 5.41) is 2.57. The van der Waals surface area contributed by atoms with Gasteiger partial charge in [-0.2, -0.15) is 0 Å². The summed E-state index contributed by atoms with van der Waals surface area (Å²) in [6.07, 6.45) is 9.17. The highest BCUT2D eigenvalue weighted by Gasteiger charge is 2.51. The van der Waals surface area contributed by atoms with Crippen molar-refractivity contribution in [3.05, 3.63) is 174 Å². The van der Waals surface area contributed by atoms with Gasteiger partial charge < -0.3 is 14.0 Å². The number of rotatable bonds is 4. The van der Waals surface area contributed by atoms with Crippen LogP contribution in [0.25, 0.3) is 22.1 Å². The largest absolute Gasteiger partial charge is 0.323 e. The van der Waals surface area contributed by atoms with Crippen LogP contribution in [0, 0.1) is 0 Å². The minimum atomic E-state index is -0.0799. The van der Waals surface area contributed by atoms with Crippen molar-refractivity contribution in [3.8, 4) is 11.4 Å². The van der Waals surface area contributed by atoms with Gasteiger partial charge in [-0.1, -0.05) is 106 Å². The SMILES string of the molecule is CC(C)(C)c1cc2c3c(c1)N(c1ccccc1)c1c(c4c(n1-c1ccccc1)CCCC4)B3c1c(c3c(n1-c1ccc4ccccc4c1)CCCC3)N2c1ccccc1. The monoisotopic (exact) mass is 764 g/mol. The molecular weight excluding hydrogens is 715 g/mol. The third-order valence-electron chi connectivity index (χ3n) is 13.8. The van der Waals surface area contributed by atoms with E-state index in [1.165, 1.54) is 121 Å². The first-order valence-electron chi connectivity index (χ1n) is 21.9. The molecule has 2 aliphatic heterocycles. The number of hydrogen-bond acceptors (Lipinski definition) is 2. The highest BCUT2D eigenvalue weighted by atomic mass is 15.3. The van der Waals surface area contributed by atoms with E-state index in [9.17, 15) is 0 Å². The summed E-state index contributed by atoms with van der Waals surface area (Å²) in [6.45, 7) is 7.17. The van der Waals surface area contributed by atoms with Gasteiger partial charge in [-0.15, -0.1) is 0 Å². The Balaban J connectivity index is 1.29. The predicted molar refractivity (Wildman–Crippen MR) is 249 cm³/mol. The zero-order valence-corrected chi connectivity index (χ0v) is 34.4. The van der Waals surface area contributed by atoms with Gasteiger partial charge in [0, 0.05) is 51.1 Å². The van der Waals surface area contributed by atoms with Gasteiger partial charge in [-0.25, -0.2) is 0 Å². The molecule has 0 fully saturated rings. The van der Waals surface area contributed by atoms with Crippen LogP contribution in [0.15, 0.2) is 146 Å². The van der Waals surface area contributed by atoms with Crippen LogP contribution < -0.4 is 26.3 Å². The summed E-state index contributed by atoms with van der Waals surface area (Å²) in [5.41, 5.74) is 20.6. The van der Waals surface area contributed by atoms with Crippen molar-refractivity contribution in [2.24, 2.45) is 0 Å². The van der Waals surface area contributed by atoms with Gasteiger partial charge in [0.25, 0.3) is 6.71 Å². The second kappa shape index (κ2) is 13.2. The zero-order chi connectivity index (χ0) is 39.4. The molecule has 0 radical (unpaired) electrons. The van der Waals surface area contributed by atoms with Crippen LogP contribution in [0.1, 0.15) is 74.5 Å². The Bertz CT molecular complexity index is 2930. The van der Waals surface area contributed by atoms with Crippen LogP contribution in [0.3, 0.4) is 0 Å². The summed E-state index contributed by atoms with van der Waals surface area (Å²) < 4.78 is 5.44. The normalized spacial score (nSPS) is 15.4. The van der Waals surface area contributed by atoms with Crippen LogP contribution in [0.2, 0.25) is 0 Å². The van der Waals surface area contributed by atoms with E-state index in [0.29, 0.717) is 0 Å². The molecule has 2 aromatic heterocycles. The van der Waals surface area contributed by atoms with E-state index in [4.69, 9.17) is 0 Å². The number of aromatic nitrogens is 2. The smallest absolute Gasteiger partial charge is 0.275 e. The molecule has 6 aromatic carbocycles. The van der Waals surface area contributed by atoms with Crippen LogP contribution in [0.5, 0.6) is 0 Å². The van der Waals surface area contributed by atoms with E-state index in [-0.39, 0.29) is 12.1 Å². The van der Waals surface area contributed by atoms with Crippen molar-refractivity contribution in [1.29, 1.82) is 0 Å². The summed E-state index contributed by atoms with van der Waals surface area (Å²) in [5.74, 6) is 1.31. The van der Waals surface area contributed by atoms with Gasteiger partial charge in [0.2, 0.25) is 0 Å². The molecule has 0 N–H and O–H groups in total. The van der Waals surface area contributed by atoms with Gasteiger partial charge in [-0.3, -0.25) is 4.90 Å². The lowest BCUT2D eigenvalue weighted by atomic mass is 9.34. The molecular formula is C54H49BN4. The second-order valence-corrected chi connectivity index (χ2v) is 18.2. The van der Waals surface area contributed by atoms with E-state index >= 15 is 0 Å². The highest BCUT2D eigenvalue weighted by Crippen LogP contribution is 2.50. The molecule has 2 aliphatic carbocycles. The number of nitrogens with zero attached hydrogens (tertiary/aromatic N) is 4. The summed E-state index contributed by atoms with van der Waals surface area (Å²) >= 11 is 0. The Hall–Kier alpha value is -6.20. The molecule has 0 saturated carbocycles. The third-order valence-corrected chi connectivity index (χ3v) is 13.8. The standard InChI is InChI=1S/C54H49BN4/c1-54(2,3)38-34-47-50-48(35-38)59(41-25-11-6-12-26-41)53-49(43-27-15-17-29-45(43)58(53)40-23-9-5-10-24-40)55(50)52-51(56(47)39-21-7-4-8-22-39)44-28-16-18-30-46(44)57(52)42-32-31-36-19-13-14-20-37(36)33-42/h4-14,19-26,31-35H,15-18,27-30H2,1-3H3. The van der Waals surface area contributed by atoms with E-state index < -0.39 is 0 Å². The van der Waals surface area contributed by atoms with Crippen molar-refractivity contribution in [2.75, 3.05) is 9.80 Å². The first-order valence-corrected chi connectivity index (χ1v) is 21.9. The Morgan fingerprint density at radius 2 is 1.00 bits per heavy atom. The van der Waals surface area contributed by atoms with Crippen molar-refractivity contribution in [1.82, 2.24) is 9.13 Å². The number of fused-ring (bicyclic) bond motifs is 9. The fourth-order valence-electron chi connectivity index (χ4n) is 11.2. The lowest BCUT2D eigenvalue weighted by Crippen LogP contribution is -2.63. The molecule has 59 heavy (non-hydrogen) atoms. The Kier molecular flexibility index (Phi) is 7.76. The number of para-hydroxylation sites is 3. The Morgan fingerprint density at radius 3 is 1.66 bits per heavy atom. The Morgan fingerprint density at radius 1 is 0.458 bits per heavy atom. The summed E-state index contributed by atoms with van der Waals surface area (Å²) in [7, 11) is 0. The van der Waals surface area contributed by atoms with Gasteiger partial charge >= 0.3 is 0 Å². The maximum atomic E-state index is 2.76. The minimum Gasteiger partial charge on any atom is -0.323 e. The van der Waals surface area contributed by atoms with Crippen LogP contribution in [-0.2, 0) is 31.1 Å². The molecule has 288 valence electrons. The lowest BCUT2D eigenvalue weighted by Gasteiger charge is -2.44. The van der Waals surface area contributed by atoms with Gasteiger partial charge in [-0.05, 0) is 156 Å². The van der Waals surface area contributed by atoms with Crippen molar-refractivity contribution in [2.45, 2.75) is 77.6 Å². The minimum absolute atomic E-state index is 0.0350. The van der Waals surface area contributed by atoms with Crippen LogP contribution in [0.4, 0.5) is 34.3 Å². The fraction of sp³-hybridized carbons (Fsp3) is 0.222. The van der Waals surface area contributed by atoms with E-state index in [2.05, 4.69) is 185 Å². The maximum Gasteiger partial charge on any atom is 0.275 e. The summed E-state index contributed by atoms with van der Waals surface area (Å²) in [6, 6.07) is 54.9. The van der Waals surface area contributed by atoms with Gasteiger partial charge in [0.15, 0.2) is 0 Å². The highest BCUT2D eigenvalue weighted by molar-refractivity contribution is 7.00. The van der Waals surface area contributed by atoms with Crippen molar-refractivity contribution < 1.29 is 0 Å². The number of benzene rings is 6. The zero-order valence-electron chi connectivity index (χ0n) is 34.4. The molecule has 0 saturated heterocycles. The molecule has 0 atom stereocenters. The predicted octanol–water partition coefficient (Wildman–Crippen LogP) is 11.6. The van der Waals surface area contributed by atoms with Crippen molar-refractivity contribution >= 4 is 68.3 Å². The lowest BCUT2D eigenvalue weighted by molar-refractivity contribution is 0.590. The average Bonchev–Trinajstić information content (AvgIpc) is 3.80. The number of anilines is 6. The average molecular weight is 765 g/mol. The third kappa shape index (κ3) is 5.16. The van der Waals surface area contributed by atoms with E-state index in [1.54, 1.807) is 5.56 Å². The topological polar surface area (TPSA) is 16.3 Å². The molecule has 0 spiro atoms. The molecule has 4 nitrogen and oxygen atoms in total. The molecule has 0 amide bonds. The van der Waals surface area contributed by atoms with Crippen LogP contribution >= 0.6 is 0 Å². The van der Waals surface area contributed by atoms with Crippen molar-refractivity contribution in [3.63, 3.8) is 0 Å². The maximum absolute atomic E-state index is 2.76. The molecule has 8 aromatic rings. The first-order chi connectivity index (χ1) is 29.0. The molecule has 12 rings (SSSR count). The summed E-state index contributed by atoms with van der Waals surface area (Å²) in [4.78, 5) is 5.35. The Labute approximate surface area is 348 Å². The van der Waals surface area contributed by atoms with Gasteiger partial charge in [0.05, 0.1) is 5.69 Å². The van der Waals surface area contributed by atoms with E-state index in [0.717, 1.165) is 25.7 Å². The van der Waals surface area contributed by atoms with E-state index in [1.807, 2.05) is 0 Å². The molecule has 4 aliphatic rings. The molecule has 0 bridgehead atoms. The molecule has 5 heteroatoms. The van der Waals surface area contributed by atoms with Gasteiger partial charge in [0.1, 0.15) is 5.82 Å². The number of hydrogen-bond donors (Lipinski definition) is 0. The molecule has 4 heterocycles. The first kappa shape index (κ1) is 34.8. The van der Waals surface area contributed by atoms with Crippen LogP contribution in [-0.4, -0.2) is 15.8 Å². The quantitative estimate of drug-likeness (QED) is 0.166.